The average molecular weight is 503 g/mol. The Morgan fingerprint density at radius 1 is 1.24 bits per heavy atom. The molecule has 0 spiro atoms. The van der Waals surface area contributed by atoms with E-state index in [0.717, 1.165) is 17.0 Å². The van der Waals surface area contributed by atoms with E-state index in [1.807, 2.05) is 13.8 Å². The highest BCUT2D eigenvalue weighted by Gasteiger charge is 2.37. The molecule has 1 aliphatic rings. The predicted molar refractivity (Wildman–Crippen MR) is 123 cm³/mol. The summed E-state index contributed by atoms with van der Waals surface area (Å²) < 4.78 is 39.8. The quantitative estimate of drug-likeness (QED) is 0.576. The Morgan fingerprint density at radius 2 is 1.91 bits per heavy atom. The van der Waals surface area contributed by atoms with E-state index in [-0.39, 0.29) is 12.5 Å². The Hall–Kier alpha value is -2.30. The molecule has 33 heavy (non-hydrogen) atoms. The van der Waals surface area contributed by atoms with E-state index < -0.39 is 29.5 Å². The van der Waals surface area contributed by atoms with Crippen molar-refractivity contribution in [1.82, 2.24) is 15.2 Å². The lowest BCUT2D eigenvalue weighted by Crippen LogP contribution is -2.49. The number of aliphatic hydroxyl groups excluding tert-OH is 1. The number of alkyl halides is 3. The molecule has 6 nitrogen and oxygen atoms in total. The fourth-order valence-electron chi connectivity index (χ4n) is 3.51. The molecule has 0 aliphatic carbocycles. The Labute approximate surface area is 199 Å². The molecule has 180 valence electrons. The number of aliphatic hydroxyl groups is 1. The minimum absolute atomic E-state index is 0.217. The predicted octanol–water partition coefficient (Wildman–Crippen LogP) is 4.68. The third-order valence-electron chi connectivity index (χ3n) is 5.07. The maximum Gasteiger partial charge on any atom is 0.416 e. The first-order valence-corrected chi connectivity index (χ1v) is 11.5. The van der Waals surface area contributed by atoms with Crippen molar-refractivity contribution < 1.29 is 23.1 Å². The molecule has 0 fully saturated rings. The van der Waals surface area contributed by atoms with Crippen LogP contribution in [0.3, 0.4) is 0 Å². The number of nitrogens with zero attached hydrogens (tertiary/aromatic N) is 3. The van der Waals surface area contributed by atoms with Gasteiger partial charge in [-0.1, -0.05) is 37.6 Å². The molecular formula is C22H26ClF3N4O2S. The van der Waals surface area contributed by atoms with Crippen LogP contribution in [0.1, 0.15) is 43.7 Å². The molecule has 0 radical (unpaired) electrons. The first kappa shape index (κ1) is 25.3. The standard InChI is InChI=1S/C22H26ClF3N4O2S/c1-13(2)11-29-19(16-8-9-17(23)33-16)28-30(20(29)32)12-18(31)27-21(3,4)14-6-5-7-15(10-14)22(24,25)26/h5-10,13,20,32H,11-12H2,1-4H3,(H,27,31). The second-order valence-electron chi connectivity index (χ2n) is 8.77. The minimum Gasteiger partial charge on any atom is -0.355 e. The number of carbonyl (C=O) groups excluding carboxylic acids is 1. The lowest BCUT2D eigenvalue weighted by molar-refractivity contribution is -0.137. The minimum atomic E-state index is -4.48. The molecule has 0 saturated carbocycles. The van der Waals surface area contributed by atoms with Gasteiger partial charge in [0.1, 0.15) is 6.54 Å². The van der Waals surface area contributed by atoms with Gasteiger partial charge in [-0.15, -0.1) is 11.3 Å². The lowest BCUT2D eigenvalue weighted by Gasteiger charge is -2.30. The second kappa shape index (κ2) is 9.52. The third-order valence-corrected chi connectivity index (χ3v) is 6.29. The molecule has 1 unspecified atom stereocenters. The van der Waals surface area contributed by atoms with Crippen molar-refractivity contribution in [2.75, 3.05) is 13.1 Å². The Kier molecular flexibility index (Phi) is 7.30. The van der Waals surface area contributed by atoms with Crippen LogP contribution in [0.15, 0.2) is 41.5 Å². The maximum atomic E-state index is 13.1. The van der Waals surface area contributed by atoms with Crippen molar-refractivity contribution in [1.29, 1.82) is 0 Å². The molecule has 0 saturated heterocycles. The summed E-state index contributed by atoms with van der Waals surface area (Å²) in [6, 6.07) is 8.37. The molecular weight excluding hydrogens is 477 g/mol. The van der Waals surface area contributed by atoms with Gasteiger partial charge in [-0.2, -0.15) is 18.3 Å². The number of thiophene rings is 1. The number of hydrogen-bond donors (Lipinski definition) is 2. The summed E-state index contributed by atoms with van der Waals surface area (Å²) in [5.41, 5.74) is -1.55. The number of amidine groups is 1. The highest BCUT2D eigenvalue weighted by molar-refractivity contribution is 7.18. The molecule has 2 N–H and O–H groups in total. The molecule has 1 atom stereocenters. The van der Waals surface area contributed by atoms with E-state index in [1.165, 1.54) is 28.5 Å². The molecule has 1 amide bonds. The van der Waals surface area contributed by atoms with Crippen molar-refractivity contribution in [2.24, 2.45) is 11.0 Å². The normalized spacial score (nSPS) is 17.0. The smallest absolute Gasteiger partial charge is 0.355 e. The Balaban J connectivity index is 1.77. The summed E-state index contributed by atoms with van der Waals surface area (Å²) in [5.74, 6) is 0.238. The van der Waals surface area contributed by atoms with E-state index in [2.05, 4.69) is 10.4 Å². The topological polar surface area (TPSA) is 68.2 Å². The number of hydrogen-bond acceptors (Lipinski definition) is 6. The second-order valence-corrected chi connectivity index (χ2v) is 10.5. The van der Waals surface area contributed by atoms with Crippen LogP contribution >= 0.6 is 22.9 Å². The van der Waals surface area contributed by atoms with Gasteiger partial charge in [0.25, 0.3) is 0 Å². The van der Waals surface area contributed by atoms with Crippen molar-refractivity contribution >= 4 is 34.7 Å². The lowest BCUT2D eigenvalue weighted by atomic mass is 9.92. The van der Waals surface area contributed by atoms with Crippen LogP contribution in [0, 0.1) is 5.92 Å². The number of rotatable bonds is 7. The number of hydrazone groups is 1. The van der Waals surface area contributed by atoms with Gasteiger partial charge in [0, 0.05) is 6.54 Å². The molecule has 0 bridgehead atoms. The van der Waals surface area contributed by atoms with E-state index in [9.17, 15) is 23.1 Å². The van der Waals surface area contributed by atoms with E-state index in [1.54, 1.807) is 30.9 Å². The first-order chi connectivity index (χ1) is 15.3. The van der Waals surface area contributed by atoms with E-state index in [0.29, 0.717) is 22.3 Å². The average Bonchev–Trinajstić information content (AvgIpc) is 3.25. The maximum absolute atomic E-state index is 13.1. The van der Waals surface area contributed by atoms with Crippen LogP contribution in [0.25, 0.3) is 0 Å². The zero-order valence-electron chi connectivity index (χ0n) is 18.7. The van der Waals surface area contributed by atoms with Gasteiger partial charge in [0.05, 0.1) is 20.3 Å². The van der Waals surface area contributed by atoms with Crippen molar-refractivity contribution in [3.8, 4) is 0 Å². The SMILES string of the molecule is CC(C)CN1C(c2ccc(Cl)s2)=NN(CC(=O)NC(C)(C)c2cccc(C(F)(F)F)c2)C1O. The number of benzene rings is 1. The van der Waals surface area contributed by atoms with Crippen LogP contribution in [-0.4, -0.2) is 46.2 Å². The summed E-state index contributed by atoms with van der Waals surface area (Å²) >= 11 is 7.37. The van der Waals surface area contributed by atoms with Crippen molar-refractivity contribution in [3.05, 3.63) is 56.7 Å². The number of nitrogens with one attached hydrogen (secondary N) is 1. The van der Waals surface area contributed by atoms with Gasteiger partial charge in [0.2, 0.25) is 12.3 Å². The summed E-state index contributed by atoms with van der Waals surface area (Å²) in [4.78, 5) is 15.2. The molecule has 11 heteroatoms. The van der Waals surface area contributed by atoms with Gasteiger partial charge in [-0.25, -0.2) is 5.01 Å². The Bertz CT molecular complexity index is 1040. The monoisotopic (exact) mass is 502 g/mol. The zero-order valence-corrected chi connectivity index (χ0v) is 20.2. The summed E-state index contributed by atoms with van der Waals surface area (Å²) in [5, 5.41) is 19.3. The summed E-state index contributed by atoms with van der Waals surface area (Å²) in [6.45, 7) is 7.46. The first-order valence-electron chi connectivity index (χ1n) is 10.3. The van der Waals surface area contributed by atoms with E-state index in [4.69, 9.17) is 11.6 Å². The Morgan fingerprint density at radius 3 is 2.48 bits per heavy atom. The highest BCUT2D eigenvalue weighted by atomic mass is 35.5. The van der Waals surface area contributed by atoms with Gasteiger partial charge in [-0.05, 0) is 49.6 Å². The molecule has 2 heterocycles. The summed E-state index contributed by atoms with van der Waals surface area (Å²) in [7, 11) is 0. The van der Waals surface area contributed by atoms with Crippen molar-refractivity contribution in [3.63, 3.8) is 0 Å². The van der Waals surface area contributed by atoms with Crippen molar-refractivity contribution in [2.45, 2.75) is 45.8 Å². The van der Waals surface area contributed by atoms with Gasteiger partial charge in [0.15, 0.2) is 5.84 Å². The number of amides is 1. The van der Waals surface area contributed by atoms with Gasteiger partial charge in [-0.3, -0.25) is 4.79 Å². The van der Waals surface area contributed by atoms with Crippen LogP contribution in [0.4, 0.5) is 13.2 Å². The zero-order chi connectivity index (χ0) is 24.6. The molecule has 1 aromatic heterocycles. The highest BCUT2D eigenvalue weighted by Crippen LogP contribution is 2.32. The largest absolute Gasteiger partial charge is 0.416 e. The fraction of sp³-hybridized carbons (Fsp3) is 0.455. The van der Waals surface area contributed by atoms with Gasteiger partial charge < -0.3 is 15.3 Å². The van der Waals surface area contributed by atoms with Crippen LogP contribution in [0.2, 0.25) is 4.34 Å². The van der Waals surface area contributed by atoms with Crippen LogP contribution in [-0.2, 0) is 16.5 Å². The van der Waals surface area contributed by atoms with Crippen LogP contribution < -0.4 is 5.32 Å². The molecule has 2 aromatic rings. The number of carbonyl (C=O) groups is 1. The van der Waals surface area contributed by atoms with Gasteiger partial charge >= 0.3 is 6.18 Å². The molecule has 3 rings (SSSR count). The molecule has 1 aromatic carbocycles. The van der Waals surface area contributed by atoms with Crippen LogP contribution in [0.5, 0.6) is 0 Å². The molecule has 1 aliphatic heterocycles. The summed E-state index contributed by atoms with van der Waals surface area (Å²) in [6.07, 6.45) is -5.64. The third kappa shape index (κ3) is 5.99. The number of halogens is 4. The van der Waals surface area contributed by atoms with E-state index >= 15 is 0 Å². The fourth-order valence-corrected chi connectivity index (χ4v) is 4.55.